The minimum Gasteiger partial charge on any atom is -0.472 e. The molecule has 1 aromatic carbocycles. The molecule has 1 aromatic heterocycles. The van der Waals surface area contributed by atoms with E-state index in [9.17, 15) is 14.4 Å². The molecule has 34 heavy (non-hydrogen) atoms. The normalized spacial score (nSPS) is 22.0. The molecule has 182 valence electrons. The highest BCUT2D eigenvalue weighted by molar-refractivity contribution is 6.00. The summed E-state index contributed by atoms with van der Waals surface area (Å²) in [6.45, 7) is 9.71. The number of rotatable bonds is 6. The minimum atomic E-state index is -0.952. The van der Waals surface area contributed by atoms with Gasteiger partial charge in [-0.25, -0.2) is 0 Å². The second-order valence-electron chi connectivity index (χ2n) is 11.0. The van der Waals surface area contributed by atoms with Crippen LogP contribution in [0.15, 0.2) is 47.3 Å². The van der Waals surface area contributed by atoms with Crippen molar-refractivity contribution in [3.05, 3.63) is 59.5 Å². The Kier molecular flexibility index (Phi) is 6.56. The maximum Gasteiger partial charge on any atom is 0.248 e. The van der Waals surface area contributed by atoms with Gasteiger partial charge >= 0.3 is 0 Å². The van der Waals surface area contributed by atoms with E-state index in [4.69, 9.17) is 4.42 Å². The van der Waals surface area contributed by atoms with Gasteiger partial charge in [-0.05, 0) is 69.1 Å². The van der Waals surface area contributed by atoms with Gasteiger partial charge in [0.25, 0.3) is 0 Å². The van der Waals surface area contributed by atoms with Gasteiger partial charge in [0.15, 0.2) is 0 Å². The second kappa shape index (κ2) is 9.28. The molecule has 1 aliphatic carbocycles. The van der Waals surface area contributed by atoms with Crippen molar-refractivity contribution in [3.8, 4) is 0 Å². The third-order valence-corrected chi connectivity index (χ3v) is 6.59. The Balaban J connectivity index is 1.72. The van der Waals surface area contributed by atoms with E-state index in [2.05, 4.69) is 22.8 Å². The van der Waals surface area contributed by atoms with Crippen molar-refractivity contribution in [3.63, 3.8) is 0 Å². The lowest BCUT2D eigenvalue weighted by Crippen LogP contribution is -2.67. The Bertz CT molecular complexity index is 1030. The van der Waals surface area contributed by atoms with E-state index in [1.54, 1.807) is 6.07 Å². The molecule has 2 aliphatic rings. The zero-order valence-corrected chi connectivity index (χ0v) is 20.6. The minimum absolute atomic E-state index is 0.0490. The lowest BCUT2D eigenvalue weighted by atomic mass is 9.88. The van der Waals surface area contributed by atoms with Crippen LogP contribution in [0.1, 0.15) is 63.8 Å². The lowest BCUT2D eigenvalue weighted by Gasteiger charge is -2.45. The topological polar surface area (TPSA) is 91.7 Å². The Hall–Kier alpha value is -3.09. The number of furan rings is 1. The third-order valence-electron chi connectivity index (χ3n) is 6.59. The summed E-state index contributed by atoms with van der Waals surface area (Å²) in [5.74, 6) is -0.621. The van der Waals surface area contributed by atoms with Crippen LogP contribution in [0.4, 0.5) is 0 Å². The van der Waals surface area contributed by atoms with E-state index in [-0.39, 0.29) is 29.6 Å². The summed E-state index contributed by atoms with van der Waals surface area (Å²) in [7, 11) is 0. The molecule has 0 radical (unpaired) electrons. The zero-order chi connectivity index (χ0) is 24.6. The molecule has 0 unspecified atom stereocenters. The number of nitrogens with one attached hydrogen (secondary N) is 2. The van der Waals surface area contributed by atoms with E-state index in [0.717, 1.165) is 12.8 Å². The van der Waals surface area contributed by atoms with Gasteiger partial charge in [-0.1, -0.05) is 38.1 Å². The van der Waals surface area contributed by atoms with Crippen molar-refractivity contribution < 1.29 is 18.8 Å². The predicted molar refractivity (Wildman–Crippen MR) is 129 cm³/mol. The van der Waals surface area contributed by atoms with Gasteiger partial charge in [0.1, 0.15) is 18.1 Å². The molecule has 3 atom stereocenters. The van der Waals surface area contributed by atoms with E-state index in [1.165, 1.54) is 28.6 Å². The molecule has 0 bridgehead atoms. The van der Waals surface area contributed by atoms with Gasteiger partial charge in [0.2, 0.25) is 17.7 Å². The van der Waals surface area contributed by atoms with E-state index in [0.29, 0.717) is 12.0 Å². The largest absolute Gasteiger partial charge is 0.472 e. The first-order valence-electron chi connectivity index (χ1n) is 12.1. The van der Waals surface area contributed by atoms with Crippen LogP contribution in [0.2, 0.25) is 0 Å². The molecule has 2 N–H and O–H groups in total. The number of nitrogens with zero attached hydrogens (tertiary/aromatic N) is 1. The predicted octanol–water partition coefficient (Wildman–Crippen LogP) is 3.39. The Morgan fingerprint density at radius 3 is 2.32 bits per heavy atom. The summed E-state index contributed by atoms with van der Waals surface area (Å²) < 4.78 is 5.30. The number of carbonyl (C=O) groups excluding carboxylic acids is 3. The molecule has 3 amide bonds. The highest BCUT2D eigenvalue weighted by Gasteiger charge is 2.49. The Labute approximate surface area is 201 Å². The number of fused-ring (bicyclic) bond motifs is 1. The molecule has 2 heterocycles. The molecule has 0 spiro atoms. The molecule has 0 saturated carbocycles. The summed E-state index contributed by atoms with van der Waals surface area (Å²) in [6, 6.07) is 7.48. The smallest absolute Gasteiger partial charge is 0.248 e. The number of hydrogen-bond acceptors (Lipinski definition) is 4. The SMILES string of the molecule is CC(C)C[C@@H]1C(=O)N[C@H](C2Cc3ccccc3C2)C(=O)N1[C@@H](C(=O)NC(C)(C)C)c1ccoc1. The summed E-state index contributed by atoms with van der Waals surface area (Å²) in [6.07, 6.45) is 4.88. The highest BCUT2D eigenvalue weighted by atomic mass is 16.3. The molecular formula is C27H35N3O4. The van der Waals surface area contributed by atoms with Gasteiger partial charge in [-0.2, -0.15) is 0 Å². The van der Waals surface area contributed by atoms with Crippen LogP contribution in [-0.4, -0.2) is 40.2 Å². The molecule has 4 rings (SSSR count). The van der Waals surface area contributed by atoms with Crippen molar-refractivity contribution >= 4 is 17.7 Å². The molecule has 7 heteroatoms. The maximum atomic E-state index is 14.1. The number of benzene rings is 1. The fraction of sp³-hybridized carbons (Fsp3) is 0.519. The van der Waals surface area contributed by atoms with Crippen molar-refractivity contribution in [2.45, 2.75) is 77.5 Å². The van der Waals surface area contributed by atoms with Crippen molar-refractivity contribution in [2.24, 2.45) is 11.8 Å². The average molecular weight is 466 g/mol. The van der Waals surface area contributed by atoms with Crippen molar-refractivity contribution in [1.29, 1.82) is 0 Å². The quantitative estimate of drug-likeness (QED) is 0.684. The second-order valence-corrected chi connectivity index (χ2v) is 11.0. The van der Waals surface area contributed by atoms with Crippen molar-refractivity contribution in [1.82, 2.24) is 15.5 Å². The lowest BCUT2D eigenvalue weighted by molar-refractivity contribution is -0.158. The first-order chi connectivity index (χ1) is 16.0. The molecule has 1 saturated heterocycles. The summed E-state index contributed by atoms with van der Waals surface area (Å²) in [5, 5.41) is 6.04. The molecule has 2 aromatic rings. The molecule has 1 fully saturated rings. The van der Waals surface area contributed by atoms with Crippen LogP contribution < -0.4 is 10.6 Å². The highest BCUT2D eigenvalue weighted by Crippen LogP contribution is 2.35. The maximum absolute atomic E-state index is 14.1. The molecule has 1 aliphatic heterocycles. The first kappa shape index (κ1) is 24.0. The molecule has 7 nitrogen and oxygen atoms in total. The molecular weight excluding hydrogens is 430 g/mol. The van der Waals surface area contributed by atoms with Gasteiger partial charge in [-0.15, -0.1) is 0 Å². The number of piperazine rings is 1. The average Bonchev–Trinajstić information content (AvgIpc) is 3.41. The standard InChI is InChI=1S/C27H35N3O4/c1-16(2)12-21-24(31)28-22(20-13-17-8-6-7-9-18(17)14-20)26(33)30(21)23(19-10-11-34-15-19)25(32)29-27(3,4)5/h6-11,15-16,20-23H,12-14H2,1-5H3,(H,28,31)(H,29,32)/t21-,22-,23-/m1/s1. The Morgan fingerprint density at radius 1 is 1.15 bits per heavy atom. The summed E-state index contributed by atoms with van der Waals surface area (Å²) >= 11 is 0. The third kappa shape index (κ3) is 4.88. The van der Waals surface area contributed by atoms with Gasteiger partial charge in [-0.3, -0.25) is 14.4 Å². The first-order valence-corrected chi connectivity index (χ1v) is 12.1. The van der Waals surface area contributed by atoms with Crippen LogP contribution in [0.5, 0.6) is 0 Å². The monoisotopic (exact) mass is 465 g/mol. The number of carbonyl (C=O) groups is 3. The van der Waals surface area contributed by atoms with Crippen molar-refractivity contribution in [2.75, 3.05) is 0 Å². The fourth-order valence-corrected chi connectivity index (χ4v) is 5.18. The Morgan fingerprint density at radius 2 is 1.79 bits per heavy atom. The van der Waals surface area contributed by atoms with Gasteiger partial charge < -0.3 is 20.0 Å². The van der Waals surface area contributed by atoms with Crippen LogP contribution in [0.25, 0.3) is 0 Å². The van der Waals surface area contributed by atoms with E-state index in [1.807, 2.05) is 46.8 Å². The van der Waals surface area contributed by atoms with Crippen LogP contribution >= 0.6 is 0 Å². The van der Waals surface area contributed by atoms with Crippen LogP contribution in [-0.2, 0) is 27.2 Å². The van der Waals surface area contributed by atoms with Gasteiger partial charge in [0, 0.05) is 11.1 Å². The zero-order valence-electron chi connectivity index (χ0n) is 20.6. The van der Waals surface area contributed by atoms with Crippen LogP contribution in [0, 0.1) is 11.8 Å². The number of hydrogen-bond donors (Lipinski definition) is 2. The fourth-order valence-electron chi connectivity index (χ4n) is 5.18. The van der Waals surface area contributed by atoms with Crippen LogP contribution in [0.3, 0.4) is 0 Å². The van der Waals surface area contributed by atoms with Gasteiger partial charge in [0.05, 0.1) is 12.5 Å². The summed E-state index contributed by atoms with van der Waals surface area (Å²) in [5.41, 5.74) is 2.48. The number of amides is 3. The van der Waals surface area contributed by atoms with E-state index < -0.39 is 23.7 Å². The summed E-state index contributed by atoms with van der Waals surface area (Å²) in [4.78, 5) is 42.7. The van der Waals surface area contributed by atoms with E-state index >= 15 is 0 Å².